The van der Waals surface area contributed by atoms with Crippen LogP contribution in [0.3, 0.4) is 0 Å². The Labute approximate surface area is 611 Å². The third-order valence-electron chi connectivity index (χ3n) is 17.7. The number of hydrogen-bond acceptors (Lipinski definition) is 8. The maximum Gasteiger partial charge on any atom is 0.472 e. The van der Waals surface area contributed by atoms with E-state index < -0.39 is 26.5 Å². The Morgan fingerprint density at radius 1 is 0.313 bits per heavy atom. The van der Waals surface area contributed by atoms with Crippen LogP contribution in [0.2, 0.25) is 0 Å². The highest BCUT2D eigenvalue weighted by Gasteiger charge is 2.26. The van der Waals surface area contributed by atoms with Crippen molar-refractivity contribution in [2.24, 2.45) is 5.73 Å². The Bertz CT molecular complexity index is 2150. The zero-order valence-electron chi connectivity index (χ0n) is 64.2. The van der Waals surface area contributed by atoms with Gasteiger partial charge in [-0.05, 0) is 122 Å². The van der Waals surface area contributed by atoms with Crippen LogP contribution in [0.4, 0.5) is 0 Å². The molecule has 3 N–H and O–H groups in total. The molecule has 0 saturated carbocycles. The molecular weight excluding hydrogens is 1240 g/mol. The van der Waals surface area contributed by atoms with Gasteiger partial charge in [0, 0.05) is 19.4 Å². The van der Waals surface area contributed by atoms with E-state index in [1.54, 1.807) is 0 Å². The van der Waals surface area contributed by atoms with Crippen LogP contribution in [-0.4, -0.2) is 49.3 Å². The first-order valence-electron chi connectivity index (χ1n) is 41.3. The van der Waals surface area contributed by atoms with Gasteiger partial charge in [-0.2, -0.15) is 0 Å². The summed E-state index contributed by atoms with van der Waals surface area (Å²) in [5.74, 6) is -0.834. The number of phosphoric ester groups is 1. The lowest BCUT2D eigenvalue weighted by molar-refractivity contribution is -0.161. The maximum absolute atomic E-state index is 12.8. The molecule has 0 aromatic heterocycles. The van der Waals surface area contributed by atoms with Crippen LogP contribution in [0.5, 0.6) is 0 Å². The van der Waals surface area contributed by atoms with E-state index in [9.17, 15) is 19.0 Å². The molecule has 0 aliphatic rings. The predicted molar refractivity (Wildman–Crippen MR) is 431 cm³/mol. The molecular formula is C89H154NO8P. The lowest BCUT2D eigenvalue weighted by Gasteiger charge is -2.19. The van der Waals surface area contributed by atoms with Crippen molar-refractivity contribution in [3.8, 4) is 0 Å². The van der Waals surface area contributed by atoms with Crippen LogP contribution < -0.4 is 5.73 Å². The highest BCUT2D eigenvalue weighted by Crippen LogP contribution is 2.43. The van der Waals surface area contributed by atoms with Crippen molar-refractivity contribution in [3.63, 3.8) is 0 Å². The SMILES string of the molecule is CC/C=C\C/C=C\C/C=C\C/C=C\C/C=C\C/C=C\C/C=C\C/C=C\C/C=C\C/C=C\C/C=C\CCCCCCCCCC(=O)OC(COC(=O)CCCCCCCCCCCCCCCCCCCCCCCCCCC/C=C\CCCCCCCCCC)COP(=O)(O)OCCN. The largest absolute Gasteiger partial charge is 0.472 e. The first-order valence-corrected chi connectivity index (χ1v) is 42.8. The molecule has 0 rings (SSSR count). The summed E-state index contributed by atoms with van der Waals surface area (Å²) in [5, 5.41) is 0. The van der Waals surface area contributed by atoms with Gasteiger partial charge in [0.15, 0.2) is 6.10 Å². The minimum atomic E-state index is -4.41. The second kappa shape index (κ2) is 82.8. The van der Waals surface area contributed by atoms with E-state index in [0.29, 0.717) is 6.42 Å². The molecule has 0 heterocycles. The standard InChI is InChI=1S/C89H154NO8P/c1-3-5-7-9-11-13-15-17-19-21-23-25-27-29-31-33-35-37-39-41-42-43-44-46-48-50-52-54-56-58-60-62-64-66-68-70-72-74-76-78-80-82-89(92)98-87(86-97-99(93,94)96-84-83-90)85-95-88(91)81-79-77-75-73-71-69-67-65-63-61-59-57-55-53-51-49-47-45-40-38-36-34-32-30-28-26-24-22-20-18-16-14-12-10-8-6-4-2/h5,7,11,13,17,19,22-25,29,31,35,37,41-42,44,46,50,52,56,58,62,64,87H,3-4,6,8-10,12,14-16,18,20-21,26-28,30,32-34,36,38-40,43,45,47-49,51,53-55,57,59-61,63,65-86,90H2,1-2H3,(H,93,94)/b7-5-,13-11-,19-17-,24-22-,25-23-,31-29-,37-35-,42-41-,46-44-,52-50-,58-56-,64-62-. The Morgan fingerprint density at radius 2 is 0.556 bits per heavy atom. The second-order valence-corrected chi connectivity index (χ2v) is 28.7. The minimum absolute atomic E-state index is 0.0464. The first-order chi connectivity index (χ1) is 48.8. The smallest absolute Gasteiger partial charge is 0.462 e. The molecule has 99 heavy (non-hydrogen) atoms. The number of ether oxygens (including phenoxy) is 2. The third kappa shape index (κ3) is 82.7. The topological polar surface area (TPSA) is 134 Å². The van der Waals surface area contributed by atoms with Crippen molar-refractivity contribution in [2.75, 3.05) is 26.4 Å². The fourth-order valence-corrected chi connectivity index (χ4v) is 12.4. The van der Waals surface area contributed by atoms with Crippen LogP contribution in [0.25, 0.3) is 0 Å². The van der Waals surface area contributed by atoms with Gasteiger partial charge >= 0.3 is 19.8 Å². The summed E-state index contributed by atoms with van der Waals surface area (Å²) < 4.78 is 33.3. The average Bonchev–Trinajstić information content (AvgIpc) is 1.19. The van der Waals surface area contributed by atoms with Gasteiger partial charge < -0.3 is 20.1 Å². The number of esters is 2. The number of carbonyl (C=O) groups excluding carboxylic acids is 2. The van der Waals surface area contributed by atoms with Gasteiger partial charge in [0.05, 0.1) is 13.2 Å². The van der Waals surface area contributed by atoms with E-state index in [4.69, 9.17) is 24.3 Å². The molecule has 0 aliphatic carbocycles. The summed E-state index contributed by atoms with van der Waals surface area (Å²) in [6, 6.07) is 0. The summed E-state index contributed by atoms with van der Waals surface area (Å²) in [4.78, 5) is 35.5. The molecule has 0 radical (unpaired) electrons. The summed E-state index contributed by atoms with van der Waals surface area (Å²) >= 11 is 0. The fourth-order valence-electron chi connectivity index (χ4n) is 11.6. The number of phosphoric acid groups is 1. The van der Waals surface area contributed by atoms with Gasteiger partial charge in [-0.1, -0.05) is 384 Å². The van der Waals surface area contributed by atoms with E-state index in [-0.39, 0.29) is 38.6 Å². The molecule has 0 aromatic carbocycles. The summed E-state index contributed by atoms with van der Waals surface area (Å²) in [5.41, 5.74) is 5.42. The van der Waals surface area contributed by atoms with E-state index in [0.717, 1.165) is 116 Å². The summed E-state index contributed by atoms with van der Waals surface area (Å²) in [6.07, 6.45) is 120. The van der Waals surface area contributed by atoms with Gasteiger partial charge in [-0.3, -0.25) is 18.6 Å². The number of rotatable bonds is 77. The highest BCUT2D eigenvalue weighted by atomic mass is 31.2. The van der Waals surface area contributed by atoms with Crippen molar-refractivity contribution < 1.29 is 37.6 Å². The Hall–Kier alpha value is -4.11. The zero-order valence-corrected chi connectivity index (χ0v) is 65.1. The van der Waals surface area contributed by atoms with Crippen LogP contribution in [0.15, 0.2) is 146 Å². The summed E-state index contributed by atoms with van der Waals surface area (Å²) in [7, 11) is -4.41. The van der Waals surface area contributed by atoms with Gasteiger partial charge in [-0.15, -0.1) is 0 Å². The number of allylic oxidation sites excluding steroid dienone is 24. The minimum Gasteiger partial charge on any atom is -0.462 e. The maximum atomic E-state index is 12.8. The summed E-state index contributed by atoms with van der Waals surface area (Å²) in [6.45, 7) is 3.65. The molecule has 0 spiro atoms. The molecule has 0 saturated heterocycles. The number of hydrogen-bond donors (Lipinski definition) is 2. The van der Waals surface area contributed by atoms with Crippen molar-refractivity contribution >= 4 is 19.8 Å². The van der Waals surface area contributed by atoms with Crippen LogP contribution in [-0.2, 0) is 32.7 Å². The van der Waals surface area contributed by atoms with Gasteiger partial charge in [-0.25, -0.2) is 4.57 Å². The normalized spacial score (nSPS) is 13.6. The molecule has 0 aliphatic heterocycles. The molecule has 0 aromatic rings. The van der Waals surface area contributed by atoms with Crippen molar-refractivity contribution in [1.29, 1.82) is 0 Å². The second-order valence-electron chi connectivity index (χ2n) is 27.3. The van der Waals surface area contributed by atoms with E-state index in [1.807, 2.05) is 0 Å². The van der Waals surface area contributed by atoms with Gasteiger partial charge in [0.1, 0.15) is 6.61 Å². The lowest BCUT2D eigenvalue weighted by atomic mass is 10.0. The van der Waals surface area contributed by atoms with E-state index in [1.165, 1.54) is 225 Å². The number of nitrogens with two attached hydrogens (primary N) is 1. The van der Waals surface area contributed by atoms with Gasteiger partial charge in [0.25, 0.3) is 0 Å². The van der Waals surface area contributed by atoms with Crippen LogP contribution in [0.1, 0.15) is 373 Å². The van der Waals surface area contributed by atoms with Crippen molar-refractivity contribution in [2.45, 2.75) is 380 Å². The molecule has 568 valence electrons. The number of carbonyl (C=O) groups is 2. The predicted octanol–water partition coefficient (Wildman–Crippen LogP) is 28.1. The molecule has 10 heteroatoms. The molecule has 0 fully saturated rings. The Balaban J connectivity index is 3.87. The monoisotopic (exact) mass is 1400 g/mol. The van der Waals surface area contributed by atoms with Crippen LogP contribution in [0, 0.1) is 0 Å². The average molecular weight is 1400 g/mol. The molecule has 2 unspecified atom stereocenters. The molecule has 2 atom stereocenters. The van der Waals surface area contributed by atoms with Crippen molar-refractivity contribution in [1.82, 2.24) is 0 Å². The van der Waals surface area contributed by atoms with Crippen LogP contribution >= 0.6 is 7.82 Å². The highest BCUT2D eigenvalue weighted by molar-refractivity contribution is 7.47. The Kier molecular flexibility index (Phi) is 79.4. The fraction of sp³-hybridized carbons (Fsp3) is 0.708. The van der Waals surface area contributed by atoms with Crippen molar-refractivity contribution in [3.05, 3.63) is 146 Å². The number of unbranched alkanes of at least 4 members (excludes halogenated alkanes) is 40. The molecule has 0 bridgehead atoms. The Morgan fingerprint density at radius 3 is 0.838 bits per heavy atom. The molecule has 9 nitrogen and oxygen atoms in total. The molecule has 0 amide bonds. The van der Waals surface area contributed by atoms with E-state index >= 15 is 0 Å². The van der Waals surface area contributed by atoms with E-state index in [2.05, 4.69) is 160 Å². The quantitative estimate of drug-likeness (QED) is 0.0264. The van der Waals surface area contributed by atoms with Gasteiger partial charge in [0.2, 0.25) is 0 Å². The lowest BCUT2D eigenvalue weighted by Crippen LogP contribution is -2.29. The first kappa shape index (κ1) is 94.9. The zero-order chi connectivity index (χ0) is 71.5. The third-order valence-corrected chi connectivity index (χ3v) is 18.7.